The minimum absolute atomic E-state index is 0.0522. The SMILES string of the molecule is CCCCNC(=O)N1C[C@H](C(=O)NC2CC2)CC[C@H]1c1ccc(F)cc1. The number of rotatable bonds is 6. The van der Waals surface area contributed by atoms with Crippen LogP contribution in [-0.4, -0.2) is 36.0 Å². The maximum Gasteiger partial charge on any atom is 0.317 e. The van der Waals surface area contributed by atoms with E-state index in [0.717, 1.165) is 37.7 Å². The Balaban J connectivity index is 1.71. The summed E-state index contributed by atoms with van der Waals surface area (Å²) in [6, 6.07) is 6.37. The van der Waals surface area contributed by atoms with E-state index in [1.165, 1.54) is 12.1 Å². The van der Waals surface area contributed by atoms with Crippen molar-refractivity contribution in [3.05, 3.63) is 35.6 Å². The number of unbranched alkanes of at least 4 members (excludes halogenated alkanes) is 1. The molecule has 0 bridgehead atoms. The minimum Gasteiger partial charge on any atom is -0.353 e. The van der Waals surface area contributed by atoms with Crippen LogP contribution in [0.1, 0.15) is 57.1 Å². The van der Waals surface area contributed by atoms with Crippen LogP contribution in [0.3, 0.4) is 0 Å². The fraction of sp³-hybridized carbons (Fsp3) is 0.600. The molecule has 1 saturated carbocycles. The number of likely N-dealkylation sites (tertiary alicyclic amines) is 1. The zero-order valence-corrected chi connectivity index (χ0v) is 15.3. The fourth-order valence-corrected chi connectivity index (χ4v) is 3.46. The Kier molecular flexibility index (Phi) is 6.12. The summed E-state index contributed by atoms with van der Waals surface area (Å²) in [7, 11) is 0. The lowest BCUT2D eigenvalue weighted by Crippen LogP contribution is -2.50. The fourth-order valence-electron chi connectivity index (χ4n) is 3.46. The van der Waals surface area contributed by atoms with Gasteiger partial charge in [-0.15, -0.1) is 0 Å². The third kappa shape index (κ3) is 4.74. The lowest BCUT2D eigenvalue weighted by atomic mass is 9.88. The van der Waals surface area contributed by atoms with Gasteiger partial charge in [-0.1, -0.05) is 25.5 Å². The van der Waals surface area contributed by atoms with E-state index in [0.29, 0.717) is 25.6 Å². The second kappa shape index (κ2) is 8.52. The van der Waals surface area contributed by atoms with Crippen LogP contribution >= 0.6 is 0 Å². The van der Waals surface area contributed by atoms with Crippen molar-refractivity contribution in [1.29, 1.82) is 0 Å². The predicted octanol–water partition coefficient (Wildman–Crippen LogP) is 3.37. The second-order valence-electron chi connectivity index (χ2n) is 7.36. The van der Waals surface area contributed by atoms with Gasteiger partial charge in [-0.2, -0.15) is 0 Å². The molecule has 1 heterocycles. The molecule has 1 aromatic rings. The van der Waals surface area contributed by atoms with Gasteiger partial charge in [0, 0.05) is 19.1 Å². The maximum absolute atomic E-state index is 13.3. The Morgan fingerprint density at radius 1 is 1.15 bits per heavy atom. The first kappa shape index (κ1) is 18.7. The van der Waals surface area contributed by atoms with E-state index in [1.54, 1.807) is 17.0 Å². The number of halogens is 1. The highest BCUT2D eigenvalue weighted by Crippen LogP contribution is 2.34. The van der Waals surface area contributed by atoms with Crippen LogP contribution in [0.25, 0.3) is 0 Å². The summed E-state index contributed by atoms with van der Waals surface area (Å²) in [5.41, 5.74) is 0.915. The molecule has 0 spiro atoms. The normalized spacial score (nSPS) is 22.8. The smallest absolute Gasteiger partial charge is 0.317 e. The zero-order chi connectivity index (χ0) is 18.5. The lowest BCUT2D eigenvalue weighted by molar-refractivity contribution is -0.126. The van der Waals surface area contributed by atoms with Gasteiger partial charge in [-0.3, -0.25) is 4.79 Å². The number of nitrogens with zero attached hydrogens (tertiary/aromatic N) is 1. The number of hydrogen-bond donors (Lipinski definition) is 2. The number of carbonyl (C=O) groups excluding carboxylic acids is 2. The van der Waals surface area contributed by atoms with E-state index in [9.17, 15) is 14.0 Å². The third-order valence-electron chi connectivity index (χ3n) is 5.20. The minimum atomic E-state index is -0.287. The summed E-state index contributed by atoms with van der Waals surface area (Å²) < 4.78 is 13.3. The molecule has 1 aliphatic carbocycles. The van der Waals surface area contributed by atoms with Gasteiger partial charge in [-0.25, -0.2) is 9.18 Å². The van der Waals surface area contributed by atoms with Gasteiger partial charge in [0.1, 0.15) is 5.82 Å². The topological polar surface area (TPSA) is 61.4 Å². The highest BCUT2D eigenvalue weighted by Gasteiger charge is 2.37. The van der Waals surface area contributed by atoms with Gasteiger partial charge in [0.2, 0.25) is 5.91 Å². The van der Waals surface area contributed by atoms with Crippen molar-refractivity contribution in [2.45, 2.75) is 57.5 Å². The summed E-state index contributed by atoms with van der Waals surface area (Å²) in [5.74, 6) is -0.411. The number of urea groups is 1. The van der Waals surface area contributed by atoms with Crippen molar-refractivity contribution in [3.63, 3.8) is 0 Å². The summed E-state index contributed by atoms with van der Waals surface area (Å²) in [6.45, 7) is 3.10. The van der Waals surface area contributed by atoms with Gasteiger partial charge in [0.25, 0.3) is 0 Å². The highest BCUT2D eigenvalue weighted by molar-refractivity contribution is 5.81. The number of piperidine rings is 1. The van der Waals surface area contributed by atoms with Crippen LogP contribution in [0.2, 0.25) is 0 Å². The monoisotopic (exact) mass is 361 g/mol. The van der Waals surface area contributed by atoms with E-state index in [4.69, 9.17) is 0 Å². The van der Waals surface area contributed by atoms with E-state index in [-0.39, 0.29) is 29.7 Å². The number of hydrogen-bond acceptors (Lipinski definition) is 2. The number of benzene rings is 1. The van der Waals surface area contributed by atoms with E-state index >= 15 is 0 Å². The molecule has 2 N–H and O–H groups in total. The number of nitrogens with one attached hydrogen (secondary N) is 2. The van der Waals surface area contributed by atoms with Crippen molar-refractivity contribution in [1.82, 2.24) is 15.5 Å². The molecule has 1 aliphatic heterocycles. The molecule has 2 atom stereocenters. The van der Waals surface area contributed by atoms with Gasteiger partial charge >= 0.3 is 6.03 Å². The highest BCUT2D eigenvalue weighted by atomic mass is 19.1. The first-order chi connectivity index (χ1) is 12.6. The van der Waals surface area contributed by atoms with Crippen LogP contribution in [0.15, 0.2) is 24.3 Å². The molecule has 142 valence electrons. The largest absolute Gasteiger partial charge is 0.353 e. The number of amides is 3. The molecule has 2 aliphatic rings. The molecule has 3 amide bonds. The Labute approximate surface area is 154 Å². The van der Waals surface area contributed by atoms with Gasteiger partial charge in [0.05, 0.1) is 12.0 Å². The lowest BCUT2D eigenvalue weighted by Gasteiger charge is -2.39. The summed E-state index contributed by atoms with van der Waals surface area (Å²) in [6.07, 6.45) is 5.48. The Morgan fingerprint density at radius 2 is 1.88 bits per heavy atom. The summed E-state index contributed by atoms with van der Waals surface area (Å²) in [5, 5.41) is 6.01. The van der Waals surface area contributed by atoms with E-state index in [2.05, 4.69) is 17.6 Å². The van der Waals surface area contributed by atoms with Gasteiger partial charge in [0.15, 0.2) is 0 Å². The van der Waals surface area contributed by atoms with Crippen LogP contribution in [0.5, 0.6) is 0 Å². The van der Waals surface area contributed by atoms with Crippen LogP contribution in [0, 0.1) is 11.7 Å². The molecule has 5 nitrogen and oxygen atoms in total. The van der Waals surface area contributed by atoms with Crippen LogP contribution in [-0.2, 0) is 4.79 Å². The van der Waals surface area contributed by atoms with Gasteiger partial charge < -0.3 is 15.5 Å². The zero-order valence-electron chi connectivity index (χ0n) is 15.3. The average molecular weight is 361 g/mol. The molecular formula is C20H28FN3O2. The maximum atomic E-state index is 13.3. The van der Waals surface area contributed by atoms with Crippen molar-refractivity contribution in [2.24, 2.45) is 5.92 Å². The quantitative estimate of drug-likeness (QED) is 0.763. The Bertz CT molecular complexity index is 630. The van der Waals surface area contributed by atoms with Crippen molar-refractivity contribution < 1.29 is 14.0 Å². The van der Waals surface area contributed by atoms with Gasteiger partial charge in [-0.05, 0) is 49.8 Å². The standard InChI is InChI=1S/C20H28FN3O2/c1-2-3-12-22-20(26)24-13-15(19(25)23-17-9-10-17)6-11-18(24)14-4-7-16(21)8-5-14/h4-5,7-8,15,17-18H,2-3,6,9-13H2,1H3,(H,22,26)(H,23,25)/t15-,18+/m1/s1. The Morgan fingerprint density at radius 3 is 2.54 bits per heavy atom. The van der Waals surface area contributed by atoms with E-state index < -0.39 is 0 Å². The molecule has 2 fully saturated rings. The molecule has 0 radical (unpaired) electrons. The summed E-state index contributed by atoms with van der Waals surface area (Å²) >= 11 is 0. The molecule has 1 saturated heterocycles. The first-order valence-corrected chi connectivity index (χ1v) is 9.68. The van der Waals surface area contributed by atoms with E-state index in [1.807, 2.05) is 0 Å². The molecular weight excluding hydrogens is 333 g/mol. The van der Waals surface area contributed by atoms with Crippen molar-refractivity contribution >= 4 is 11.9 Å². The molecule has 26 heavy (non-hydrogen) atoms. The average Bonchev–Trinajstić information content (AvgIpc) is 3.46. The molecule has 1 aromatic carbocycles. The van der Waals surface area contributed by atoms with Crippen molar-refractivity contribution in [2.75, 3.05) is 13.1 Å². The second-order valence-corrected chi connectivity index (χ2v) is 7.36. The molecule has 0 aromatic heterocycles. The van der Waals surface area contributed by atoms with Crippen LogP contribution < -0.4 is 10.6 Å². The molecule has 0 unspecified atom stereocenters. The molecule has 3 rings (SSSR count). The van der Waals surface area contributed by atoms with Crippen molar-refractivity contribution in [3.8, 4) is 0 Å². The molecule has 6 heteroatoms. The number of carbonyl (C=O) groups is 2. The predicted molar refractivity (Wildman–Crippen MR) is 98.0 cm³/mol. The first-order valence-electron chi connectivity index (χ1n) is 9.68. The third-order valence-corrected chi connectivity index (χ3v) is 5.20. The Hall–Kier alpha value is -2.11. The summed E-state index contributed by atoms with van der Waals surface area (Å²) in [4.78, 5) is 26.9. The van der Waals surface area contributed by atoms with Crippen LogP contribution in [0.4, 0.5) is 9.18 Å².